The maximum absolute atomic E-state index is 16.1. The number of aromatic nitrogens is 5. The Morgan fingerprint density at radius 3 is 2.43 bits per heavy atom. The Labute approximate surface area is 404 Å². The number of hydrogen-bond acceptors (Lipinski definition) is 12. The van der Waals surface area contributed by atoms with E-state index in [1.807, 2.05) is 56.0 Å². The minimum Gasteiger partial charge on any atom is -0.371 e. The Morgan fingerprint density at radius 2 is 1.71 bits per heavy atom. The number of imide groups is 1. The van der Waals surface area contributed by atoms with Gasteiger partial charge in [0, 0.05) is 74.6 Å². The molecule has 3 fully saturated rings. The summed E-state index contributed by atoms with van der Waals surface area (Å²) in [5.74, 6) is -0.577. The van der Waals surface area contributed by atoms with E-state index in [0.717, 1.165) is 48.7 Å². The van der Waals surface area contributed by atoms with Crippen LogP contribution < -0.4 is 25.9 Å². The van der Waals surface area contributed by atoms with Crippen LogP contribution in [0.5, 0.6) is 0 Å². The molecule has 3 aliphatic rings. The van der Waals surface area contributed by atoms with Crippen LogP contribution in [0.4, 0.5) is 27.4 Å². The van der Waals surface area contributed by atoms with Gasteiger partial charge >= 0.3 is 5.69 Å². The molecule has 6 heterocycles. The lowest BCUT2D eigenvalue weighted by Crippen LogP contribution is -2.44. The molecule has 3 aliphatic heterocycles. The fourth-order valence-corrected chi connectivity index (χ4v) is 11.9. The normalized spacial score (nSPS) is 18.2. The summed E-state index contributed by atoms with van der Waals surface area (Å²) >= 11 is 1.41. The first kappa shape index (κ1) is 47.6. The highest BCUT2D eigenvalue weighted by Gasteiger charge is 2.33. The fourth-order valence-electron chi connectivity index (χ4n) is 9.64. The monoisotopic (exact) mass is 976 g/mol. The number of thiazole rings is 1. The molecule has 0 bridgehead atoms. The van der Waals surface area contributed by atoms with Crippen molar-refractivity contribution >= 4 is 73.1 Å². The number of amides is 3. The van der Waals surface area contributed by atoms with E-state index in [2.05, 4.69) is 37.4 Å². The van der Waals surface area contributed by atoms with Gasteiger partial charge in [-0.2, -0.15) is 0 Å². The molecule has 16 nitrogen and oxygen atoms in total. The molecule has 3 N–H and O–H groups in total. The Kier molecular flexibility index (Phi) is 13.2. The van der Waals surface area contributed by atoms with Crippen LogP contribution in [0, 0.1) is 11.7 Å². The van der Waals surface area contributed by atoms with Crippen LogP contribution in [0.25, 0.3) is 32.9 Å². The number of benzene rings is 3. The number of hydrogen-bond donors (Lipinski definition) is 3. The maximum Gasteiger partial charge on any atom is 0.329 e. The first-order chi connectivity index (χ1) is 33.0. The van der Waals surface area contributed by atoms with Crippen LogP contribution in [0.15, 0.2) is 77.7 Å². The molecule has 0 aliphatic carbocycles. The molecule has 0 radical (unpaired) electrons. The summed E-state index contributed by atoms with van der Waals surface area (Å²) in [5, 5.41) is 6.44. The minimum absolute atomic E-state index is 0.125. The first-order valence-corrected chi connectivity index (χ1v) is 26.0. The third-order valence-corrected chi connectivity index (χ3v) is 16.3. The summed E-state index contributed by atoms with van der Waals surface area (Å²) in [7, 11) is -2.03. The molecule has 0 saturated carbocycles. The zero-order valence-electron chi connectivity index (χ0n) is 39.4. The maximum atomic E-state index is 16.1. The van der Waals surface area contributed by atoms with E-state index in [4.69, 9.17) is 9.97 Å². The predicted octanol–water partition coefficient (Wildman–Crippen LogP) is 7.85. The van der Waals surface area contributed by atoms with Crippen molar-refractivity contribution in [2.24, 2.45) is 13.0 Å². The molecular weight excluding hydrogens is 920 g/mol. The second kappa shape index (κ2) is 19.1. The summed E-state index contributed by atoms with van der Waals surface area (Å²) < 4.78 is 46.7. The molecule has 1 unspecified atom stereocenters. The van der Waals surface area contributed by atoms with E-state index in [9.17, 15) is 27.6 Å². The number of carbonyl (C=O) groups is 3. The lowest BCUT2D eigenvalue weighted by molar-refractivity contribution is -0.136. The minimum atomic E-state index is -3.73. The topological polar surface area (TPSA) is 194 Å². The van der Waals surface area contributed by atoms with E-state index in [0.29, 0.717) is 65.1 Å². The number of nitrogens with one attached hydrogen (secondary N) is 3. The van der Waals surface area contributed by atoms with Crippen molar-refractivity contribution in [1.29, 1.82) is 0 Å². The number of carbonyl (C=O) groups excluding carboxylic acids is 3. The third kappa shape index (κ3) is 10.0. The zero-order chi connectivity index (χ0) is 48.8. The number of rotatable bonds is 13. The molecule has 6 aromatic rings. The molecule has 19 heteroatoms. The number of likely N-dealkylation sites (tertiary alicyclic amines) is 1. The number of nitrogens with zero attached hydrogens (tertiary/aromatic N) is 7. The second-order valence-corrected chi connectivity index (χ2v) is 22.2. The fraction of sp³-hybridized carbons (Fsp3) is 0.420. The summed E-state index contributed by atoms with van der Waals surface area (Å²) in [6.45, 7) is 10.7. The number of anilines is 4. The molecule has 69 heavy (non-hydrogen) atoms. The second-order valence-electron chi connectivity index (χ2n) is 19.4. The van der Waals surface area contributed by atoms with Gasteiger partial charge in [0.1, 0.15) is 6.04 Å². The van der Waals surface area contributed by atoms with Crippen LogP contribution in [0.3, 0.4) is 0 Å². The average molecular weight is 977 g/mol. The lowest BCUT2D eigenvalue weighted by Gasteiger charge is -2.33. The number of aryl methyl sites for hydroxylation is 1. The summed E-state index contributed by atoms with van der Waals surface area (Å²) in [5.41, 5.74) is 4.61. The van der Waals surface area contributed by atoms with Gasteiger partial charge in [0.15, 0.2) is 5.82 Å². The van der Waals surface area contributed by atoms with Crippen LogP contribution in [0.1, 0.15) is 95.2 Å². The van der Waals surface area contributed by atoms with Crippen LogP contribution in [-0.4, -0.2) is 87.1 Å². The SMILES string of the molecule is CCCS(=O)(=O)Nc1cccc(-c2nc(C(C)(C)C)sc2-c2ccnc(Nc3ccc(C4CCN(C(=O)C[C@@H]5CCN(c6ccc7c(c6)n(C)c(=O)n7C6CCC(=O)NC6=O)C5)CC4)cc3)n2)c1F. The van der Waals surface area contributed by atoms with Crippen molar-refractivity contribution in [2.45, 2.75) is 90.0 Å². The first-order valence-electron chi connectivity index (χ1n) is 23.5. The Bertz CT molecular complexity index is 3120. The van der Waals surface area contributed by atoms with Gasteiger partial charge in [-0.05, 0) is 98.0 Å². The number of sulfonamides is 1. The largest absolute Gasteiger partial charge is 0.371 e. The molecule has 3 saturated heterocycles. The van der Waals surface area contributed by atoms with Crippen molar-refractivity contribution < 1.29 is 27.2 Å². The van der Waals surface area contributed by atoms with Gasteiger partial charge < -0.3 is 15.1 Å². The summed E-state index contributed by atoms with van der Waals surface area (Å²) in [4.78, 5) is 70.4. The quantitative estimate of drug-likeness (QED) is 0.0955. The summed E-state index contributed by atoms with van der Waals surface area (Å²) in [6.07, 6.45) is 5.59. The van der Waals surface area contributed by atoms with Gasteiger partial charge in [-0.15, -0.1) is 11.3 Å². The van der Waals surface area contributed by atoms with Gasteiger partial charge in [-0.1, -0.05) is 45.9 Å². The Hall–Kier alpha value is -6.47. The summed E-state index contributed by atoms with van der Waals surface area (Å²) in [6, 6.07) is 19.6. The van der Waals surface area contributed by atoms with Crippen LogP contribution in [0.2, 0.25) is 0 Å². The van der Waals surface area contributed by atoms with Crippen LogP contribution in [-0.2, 0) is 36.9 Å². The van der Waals surface area contributed by atoms with E-state index in [1.165, 1.54) is 27.5 Å². The lowest BCUT2D eigenvalue weighted by atomic mass is 9.89. The highest BCUT2D eigenvalue weighted by molar-refractivity contribution is 7.92. The molecule has 3 aromatic heterocycles. The smallest absolute Gasteiger partial charge is 0.329 e. The predicted molar refractivity (Wildman–Crippen MR) is 267 cm³/mol. The van der Waals surface area contributed by atoms with E-state index < -0.39 is 27.8 Å². The number of imidazole rings is 1. The molecule has 0 spiro atoms. The number of piperidine rings is 2. The van der Waals surface area contributed by atoms with Gasteiger partial charge in [0.2, 0.25) is 33.7 Å². The van der Waals surface area contributed by atoms with Gasteiger partial charge in [-0.25, -0.2) is 32.6 Å². The van der Waals surface area contributed by atoms with Crippen molar-refractivity contribution in [3.8, 4) is 21.8 Å². The Morgan fingerprint density at radius 1 is 0.942 bits per heavy atom. The number of fused-ring (bicyclic) bond motifs is 1. The van der Waals surface area contributed by atoms with Crippen molar-refractivity contribution in [3.05, 3.63) is 99.8 Å². The Balaban J connectivity index is 0.804. The zero-order valence-corrected chi connectivity index (χ0v) is 41.1. The van der Waals surface area contributed by atoms with Crippen molar-refractivity contribution in [1.82, 2.24) is 34.3 Å². The molecule has 9 rings (SSSR count). The van der Waals surface area contributed by atoms with E-state index in [1.54, 1.807) is 42.9 Å². The molecule has 2 atom stereocenters. The highest BCUT2D eigenvalue weighted by Crippen LogP contribution is 2.42. The average Bonchev–Trinajstić information content (AvgIpc) is 4.04. The molecule has 3 aromatic carbocycles. The number of halogens is 1. The molecular formula is C50H57FN10O6S2. The van der Waals surface area contributed by atoms with Gasteiger partial charge in [0.05, 0.1) is 43.7 Å². The van der Waals surface area contributed by atoms with Crippen molar-refractivity contribution in [3.63, 3.8) is 0 Å². The molecule has 362 valence electrons. The highest BCUT2D eigenvalue weighted by atomic mass is 32.2. The third-order valence-electron chi connectivity index (χ3n) is 13.3. The van der Waals surface area contributed by atoms with E-state index in [-0.39, 0.29) is 58.7 Å². The van der Waals surface area contributed by atoms with Gasteiger partial charge in [-0.3, -0.25) is 33.6 Å². The van der Waals surface area contributed by atoms with E-state index >= 15 is 4.39 Å². The van der Waals surface area contributed by atoms with Gasteiger partial charge in [0.25, 0.3) is 0 Å². The van der Waals surface area contributed by atoms with Crippen molar-refractivity contribution in [2.75, 3.05) is 46.9 Å². The van der Waals surface area contributed by atoms with Crippen LogP contribution >= 0.6 is 11.3 Å². The molecule has 3 amide bonds. The standard InChI is InChI=1S/C50H57FN10O6S2/c1-6-26-69(66,67)57-36-9-7-8-35(43(36)51)44-45(68-47(56-44)50(2,3)4)37-18-22-52-48(54-37)53-33-12-10-31(11-13-33)32-20-24-59(25-21-32)42(63)27-30-19-23-60(29-30)34-14-15-38-40(28-34)58(5)49(65)61(38)39-16-17-41(62)55-46(39)64/h7-15,18,22,28,30,32,39,57H,6,16-17,19-21,23-27,29H2,1-5H3,(H,52,53,54)(H,55,62,64)/t30-,39?/m0/s1.